The lowest BCUT2D eigenvalue weighted by Gasteiger charge is -2.33. The number of carbonyl (C=O) groups excluding carboxylic acids is 1. The average Bonchev–Trinajstić information content (AvgIpc) is 2.89. The van der Waals surface area contributed by atoms with E-state index in [9.17, 15) is 14.7 Å². The Kier molecular flexibility index (Phi) is 4.72. The number of thioether (sulfide) groups is 1. The van der Waals surface area contributed by atoms with Gasteiger partial charge in [0.2, 0.25) is 0 Å². The number of carboxylic acid groups (broad SMARTS) is 1. The fraction of sp³-hybridized carbons (Fsp3) is 0.538. The molecule has 0 aliphatic carbocycles. The standard InChI is InChI=1S/C13H17NO5S/c1-18-8-9-2-3-10(19-9)11(15)14-13(12(16)17)4-6-20-7-5-13/h2-3H,4-8H2,1H3,(H,14,15)(H,16,17). The molecule has 1 amide bonds. The van der Waals surface area contributed by atoms with Gasteiger partial charge in [-0.15, -0.1) is 0 Å². The second kappa shape index (κ2) is 6.32. The molecule has 0 radical (unpaired) electrons. The molecule has 0 bridgehead atoms. The molecule has 1 aliphatic rings. The van der Waals surface area contributed by atoms with E-state index in [-0.39, 0.29) is 12.4 Å². The van der Waals surface area contributed by atoms with Crippen LogP contribution in [-0.2, 0) is 16.1 Å². The Bertz CT molecular complexity index is 493. The van der Waals surface area contributed by atoms with E-state index in [1.165, 1.54) is 13.2 Å². The van der Waals surface area contributed by atoms with Gasteiger partial charge in [-0.25, -0.2) is 4.79 Å². The van der Waals surface area contributed by atoms with Gasteiger partial charge < -0.3 is 19.6 Å². The molecule has 0 saturated carbocycles. The van der Waals surface area contributed by atoms with E-state index in [1.807, 2.05) is 0 Å². The zero-order valence-electron chi connectivity index (χ0n) is 11.2. The Morgan fingerprint density at radius 3 is 2.75 bits per heavy atom. The van der Waals surface area contributed by atoms with Crippen LogP contribution in [0.4, 0.5) is 0 Å². The number of aliphatic carboxylic acids is 1. The SMILES string of the molecule is COCc1ccc(C(=O)NC2(C(=O)O)CCSCC2)o1. The van der Waals surface area contributed by atoms with Crippen LogP contribution in [0.2, 0.25) is 0 Å². The Balaban J connectivity index is 2.09. The number of ether oxygens (including phenoxy) is 1. The lowest BCUT2D eigenvalue weighted by molar-refractivity contribution is -0.144. The molecule has 1 fully saturated rings. The molecule has 1 aromatic heterocycles. The molecule has 110 valence electrons. The van der Waals surface area contributed by atoms with E-state index in [2.05, 4.69) is 5.32 Å². The molecule has 20 heavy (non-hydrogen) atoms. The highest BCUT2D eigenvalue weighted by molar-refractivity contribution is 7.99. The topological polar surface area (TPSA) is 88.8 Å². The van der Waals surface area contributed by atoms with Crippen LogP contribution in [-0.4, -0.2) is 41.1 Å². The highest BCUT2D eigenvalue weighted by Crippen LogP contribution is 2.28. The Morgan fingerprint density at radius 1 is 1.45 bits per heavy atom. The third-order valence-electron chi connectivity index (χ3n) is 3.28. The summed E-state index contributed by atoms with van der Waals surface area (Å²) >= 11 is 1.69. The summed E-state index contributed by atoms with van der Waals surface area (Å²) in [5.41, 5.74) is -1.18. The summed E-state index contributed by atoms with van der Waals surface area (Å²) in [5, 5.41) is 12.0. The smallest absolute Gasteiger partial charge is 0.329 e. The molecular weight excluding hydrogens is 282 g/mol. The lowest BCUT2D eigenvalue weighted by atomic mass is 9.92. The highest BCUT2D eigenvalue weighted by Gasteiger charge is 2.41. The number of nitrogens with one attached hydrogen (secondary N) is 1. The van der Waals surface area contributed by atoms with Gasteiger partial charge in [-0.05, 0) is 36.5 Å². The van der Waals surface area contributed by atoms with Crippen LogP contribution in [0.25, 0.3) is 0 Å². The maximum Gasteiger partial charge on any atom is 0.329 e. The summed E-state index contributed by atoms with van der Waals surface area (Å²) in [5.74, 6) is 0.591. The number of hydrogen-bond acceptors (Lipinski definition) is 5. The fourth-order valence-electron chi connectivity index (χ4n) is 2.11. The summed E-state index contributed by atoms with van der Waals surface area (Å²) in [7, 11) is 1.53. The summed E-state index contributed by atoms with van der Waals surface area (Å²) in [6, 6.07) is 3.17. The number of methoxy groups -OCH3 is 1. The number of carbonyl (C=O) groups is 2. The van der Waals surface area contributed by atoms with E-state index in [1.54, 1.807) is 17.8 Å². The quantitative estimate of drug-likeness (QED) is 0.856. The van der Waals surface area contributed by atoms with E-state index in [0.717, 1.165) is 11.5 Å². The van der Waals surface area contributed by atoms with Gasteiger partial charge in [-0.2, -0.15) is 11.8 Å². The predicted molar refractivity (Wildman–Crippen MR) is 73.8 cm³/mol. The molecular formula is C13H17NO5S. The second-order valence-electron chi connectivity index (χ2n) is 4.65. The van der Waals surface area contributed by atoms with Crippen molar-refractivity contribution in [1.82, 2.24) is 5.32 Å². The Hall–Kier alpha value is -1.47. The van der Waals surface area contributed by atoms with Crippen molar-refractivity contribution in [2.24, 2.45) is 0 Å². The van der Waals surface area contributed by atoms with Crippen molar-refractivity contribution in [2.45, 2.75) is 25.0 Å². The first-order valence-electron chi connectivity index (χ1n) is 6.29. The average molecular weight is 299 g/mol. The summed E-state index contributed by atoms with van der Waals surface area (Å²) in [6.07, 6.45) is 0.842. The molecule has 0 aromatic carbocycles. The van der Waals surface area contributed by atoms with Crippen LogP contribution in [0.3, 0.4) is 0 Å². The van der Waals surface area contributed by atoms with Crippen molar-refractivity contribution in [3.8, 4) is 0 Å². The third-order valence-corrected chi connectivity index (χ3v) is 4.27. The molecule has 2 N–H and O–H groups in total. The van der Waals surface area contributed by atoms with E-state index in [4.69, 9.17) is 9.15 Å². The number of amides is 1. The number of carboxylic acids is 1. The van der Waals surface area contributed by atoms with Crippen LogP contribution in [0.5, 0.6) is 0 Å². The lowest BCUT2D eigenvalue weighted by Crippen LogP contribution is -2.56. The Labute approximate surface area is 120 Å². The van der Waals surface area contributed by atoms with Gasteiger partial charge >= 0.3 is 5.97 Å². The minimum absolute atomic E-state index is 0.107. The molecule has 6 nitrogen and oxygen atoms in total. The van der Waals surface area contributed by atoms with Gasteiger partial charge in [0.1, 0.15) is 17.9 Å². The molecule has 1 saturated heterocycles. The second-order valence-corrected chi connectivity index (χ2v) is 5.88. The first-order valence-corrected chi connectivity index (χ1v) is 7.44. The van der Waals surface area contributed by atoms with Crippen LogP contribution in [0, 0.1) is 0 Å². The Morgan fingerprint density at radius 2 is 2.15 bits per heavy atom. The summed E-state index contributed by atoms with van der Waals surface area (Å²) in [4.78, 5) is 23.6. The van der Waals surface area contributed by atoms with E-state index < -0.39 is 17.4 Å². The van der Waals surface area contributed by atoms with Crippen molar-refractivity contribution in [1.29, 1.82) is 0 Å². The van der Waals surface area contributed by atoms with Crippen molar-refractivity contribution in [3.63, 3.8) is 0 Å². The van der Waals surface area contributed by atoms with Crippen LogP contribution >= 0.6 is 11.8 Å². The van der Waals surface area contributed by atoms with E-state index in [0.29, 0.717) is 18.6 Å². The maximum atomic E-state index is 12.1. The molecule has 0 unspecified atom stereocenters. The van der Waals surface area contributed by atoms with Crippen molar-refractivity contribution >= 4 is 23.6 Å². The highest BCUT2D eigenvalue weighted by atomic mass is 32.2. The van der Waals surface area contributed by atoms with E-state index >= 15 is 0 Å². The minimum Gasteiger partial charge on any atom is -0.480 e. The van der Waals surface area contributed by atoms with Crippen molar-refractivity contribution in [2.75, 3.05) is 18.6 Å². The molecule has 2 rings (SSSR count). The number of rotatable bonds is 5. The first kappa shape index (κ1) is 14.9. The van der Waals surface area contributed by atoms with Crippen molar-refractivity contribution in [3.05, 3.63) is 23.7 Å². The minimum atomic E-state index is -1.18. The number of furan rings is 1. The summed E-state index contributed by atoms with van der Waals surface area (Å²) in [6.45, 7) is 0.272. The van der Waals surface area contributed by atoms with Crippen molar-refractivity contribution < 1.29 is 23.8 Å². The molecule has 7 heteroatoms. The fourth-order valence-corrected chi connectivity index (χ4v) is 3.30. The van der Waals surface area contributed by atoms with Gasteiger partial charge in [0.05, 0.1) is 0 Å². The van der Waals surface area contributed by atoms with Gasteiger partial charge in [-0.3, -0.25) is 4.79 Å². The van der Waals surface area contributed by atoms with Crippen LogP contribution < -0.4 is 5.32 Å². The van der Waals surface area contributed by atoms with Gasteiger partial charge in [0.15, 0.2) is 5.76 Å². The number of hydrogen-bond donors (Lipinski definition) is 2. The molecule has 2 heterocycles. The molecule has 0 atom stereocenters. The van der Waals surface area contributed by atoms with Crippen LogP contribution in [0.15, 0.2) is 16.5 Å². The predicted octanol–water partition coefficient (Wildman–Crippen LogP) is 1.51. The molecule has 0 spiro atoms. The van der Waals surface area contributed by atoms with Gasteiger partial charge in [0, 0.05) is 7.11 Å². The summed E-state index contributed by atoms with van der Waals surface area (Å²) < 4.78 is 10.2. The monoisotopic (exact) mass is 299 g/mol. The largest absolute Gasteiger partial charge is 0.480 e. The zero-order valence-corrected chi connectivity index (χ0v) is 12.0. The molecule has 1 aromatic rings. The van der Waals surface area contributed by atoms with Gasteiger partial charge in [0.25, 0.3) is 5.91 Å². The van der Waals surface area contributed by atoms with Gasteiger partial charge in [-0.1, -0.05) is 0 Å². The normalized spacial score (nSPS) is 17.6. The maximum absolute atomic E-state index is 12.1. The first-order chi connectivity index (χ1) is 9.57. The van der Waals surface area contributed by atoms with Crippen LogP contribution in [0.1, 0.15) is 29.2 Å². The zero-order chi connectivity index (χ0) is 14.6. The third kappa shape index (κ3) is 3.16. The molecule has 1 aliphatic heterocycles.